The minimum absolute atomic E-state index is 0.00242. The van der Waals surface area contributed by atoms with Gasteiger partial charge in [-0.05, 0) is 72.5 Å². The summed E-state index contributed by atoms with van der Waals surface area (Å²) in [5, 5.41) is 11.6. The quantitative estimate of drug-likeness (QED) is 0.298. The summed E-state index contributed by atoms with van der Waals surface area (Å²) in [5.74, 6) is 0.282. The molecule has 1 aliphatic heterocycles. The molecule has 176 valence electrons. The van der Waals surface area contributed by atoms with Crippen molar-refractivity contribution < 1.29 is 18.9 Å². The van der Waals surface area contributed by atoms with Crippen LogP contribution >= 0.6 is 0 Å². The van der Waals surface area contributed by atoms with E-state index in [0.717, 1.165) is 16.7 Å². The number of aryl methyl sites for hydroxylation is 2. The Morgan fingerprint density at radius 2 is 1.66 bits per heavy atom. The third-order valence-electron chi connectivity index (χ3n) is 6.51. The number of benzene rings is 3. The SMILES string of the molecule is COc1ccc(CN2C(=O)c3oc4cc(C)c(C)cc4c(=O)c3[C@@H]2c2ccc([N+](=O)[O-])cc2)cc1. The molecule has 0 saturated carbocycles. The van der Waals surface area contributed by atoms with E-state index in [-0.39, 0.29) is 29.0 Å². The Morgan fingerprint density at radius 3 is 2.29 bits per heavy atom. The second-order valence-electron chi connectivity index (χ2n) is 8.64. The molecule has 0 saturated heterocycles. The summed E-state index contributed by atoms with van der Waals surface area (Å²) < 4.78 is 11.3. The lowest BCUT2D eigenvalue weighted by atomic mass is 9.97. The number of rotatable bonds is 5. The van der Waals surface area contributed by atoms with Crippen LogP contribution in [0, 0.1) is 24.0 Å². The van der Waals surface area contributed by atoms with Gasteiger partial charge in [-0.3, -0.25) is 19.7 Å². The Hall–Kier alpha value is -4.46. The van der Waals surface area contributed by atoms with Crippen molar-refractivity contribution in [2.75, 3.05) is 7.11 Å². The molecule has 8 nitrogen and oxygen atoms in total. The number of hydrogen-bond acceptors (Lipinski definition) is 6. The van der Waals surface area contributed by atoms with Gasteiger partial charge >= 0.3 is 0 Å². The second kappa shape index (κ2) is 8.39. The van der Waals surface area contributed by atoms with E-state index in [1.165, 1.54) is 12.1 Å². The van der Waals surface area contributed by atoms with Crippen LogP contribution < -0.4 is 10.2 Å². The van der Waals surface area contributed by atoms with E-state index in [1.807, 2.05) is 26.0 Å². The van der Waals surface area contributed by atoms with Crippen molar-refractivity contribution in [1.29, 1.82) is 0 Å². The molecule has 0 bridgehead atoms. The Bertz CT molecular complexity index is 1540. The zero-order valence-corrected chi connectivity index (χ0v) is 19.4. The lowest BCUT2D eigenvalue weighted by Gasteiger charge is -2.25. The van der Waals surface area contributed by atoms with Crippen LogP contribution in [-0.2, 0) is 6.54 Å². The average Bonchev–Trinajstić information content (AvgIpc) is 3.12. The zero-order valence-electron chi connectivity index (χ0n) is 19.4. The van der Waals surface area contributed by atoms with Gasteiger partial charge in [-0.25, -0.2) is 0 Å². The number of non-ortho nitro benzene ring substituents is 1. The molecule has 0 spiro atoms. The van der Waals surface area contributed by atoms with Crippen molar-refractivity contribution in [3.8, 4) is 5.75 Å². The maximum atomic E-state index is 13.7. The second-order valence-corrected chi connectivity index (χ2v) is 8.64. The van der Waals surface area contributed by atoms with Crippen LogP contribution in [0.5, 0.6) is 5.75 Å². The van der Waals surface area contributed by atoms with Crippen LogP contribution in [0.15, 0.2) is 69.9 Å². The van der Waals surface area contributed by atoms with Gasteiger partial charge in [0, 0.05) is 18.7 Å². The molecule has 8 heteroatoms. The number of nitro groups is 1. The molecule has 1 aliphatic rings. The Morgan fingerprint density at radius 1 is 1.00 bits per heavy atom. The summed E-state index contributed by atoms with van der Waals surface area (Å²) in [6.07, 6.45) is 0. The minimum atomic E-state index is -0.748. The van der Waals surface area contributed by atoms with Crippen LogP contribution in [-0.4, -0.2) is 22.8 Å². The molecule has 0 aliphatic carbocycles. The number of methoxy groups -OCH3 is 1. The molecule has 1 atom stereocenters. The summed E-state index contributed by atoms with van der Waals surface area (Å²) >= 11 is 0. The van der Waals surface area contributed by atoms with Crippen molar-refractivity contribution in [2.45, 2.75) is 26.4 Å². The van der Waals surface area contributed by atoms with E-state index in [0.29, 0.717) is 22.3 Å². The summed E-state index contributed by atoms with van der Waals surface area (Å²) in [5.41, 5.74) is 3.57. The lowest BCUT2D eigenvalue weighted by Crippen LogP contribution is -2.29. The van der Waals surface area contributed by atoms with Gasteiger partial charge in [0.25, 0.3) is 11.6 Å². The van der Waals surface area contributed by atoms with Crippen LogP contribution in [0.4, 0.5) is 5.69 Å². The maximum absolute atomic E-state index is 13.7. The number of nitrogens with zero attached hydrogens (tertiary/aromatic N) is 2. The third kappa shape index (κ3) is 3.73. The molecule has 0 N–H and O–H groups in total. The van der Waals surface area contributed by atoms with Crippen molar-refractivity contribution >= 4 is 22.6 Å². The van der Waals surface area contributed by atoms with E-state index in [2.05, 4.69) is 0 Å². The fraction of sp³-hybridized carbons (Fsp3) is 0.185. The number of amides is 1. The van der Waals surface area contributed by atoms with E-state index < -0.39 is 16.9 Å². The van der Waals surface area contributed by atoms with Gasteiger partial charge in [0.1, 0.15) is 11.3 Å². The first-order valence-electron chi connectivity index (χ1n) is 11.0. The molecule has 4 aromatic rings. The Labute approximate surface area is 200 Å². The van der Waals surface area contributed by atoms with Crippen LogP contribution in [0.2, 0.25) is 0 Å². The van der Waals surface area contributed by atoms with Gasteiger partial charge < -0.3 is 14.1 Å². The molecule has 0 unspecified atom stereocenters. The predicted molar refractivity (Wildman–Crippen MR) is 130 cm³/mol. The van der Waals surface area contributed by atoms with E-state index in [4.69, 9.17) is 9.15 Å². The van der Waals surface area contributed by atoms with Crippen LogP contribution in [0.25, 0.3) is 11.0 Å². The smallest absolute Gasteiger partial charge is 0.291 e. The number of nitro benzene ring substituents is 1. The molecule has 1 aromatic heterocycles. The fourth-order valence-corrected chi connectivity index (χ4v) is 4.49. The van der Waals surface area contributed by atoms with Gasteiger partial charge in [-0.2, -0.15) is 0 Å². The molecule has 3 aromatic carbocycles. The first kappa shape index (κ1) is 22.3. The summed E-state index contributed by atoms with van der Waals surface area (Å²) in [4.78, 5) is 39.5. The molecule has 0 fully saturated rings. The Kier molecular flexibility index (Phi) is 5.36. The highest BCUT2D eigenvalue weighted by atomic mass is 16.6. The minimum Gasteiger partial charge on any atom is -0.497 e. The number of fused-ring (bicyclic) bond motifs is 2. The number of carbonyl (C=O) groups is 1. The molecule has 2 heterocycles. The average molecular weight is 470 g/mol. The first-order chi connectivity index (χ1) is 16.8. The molecular weight excluding hydrogens is 448 g/mol. The number of carbonyl (C=O) groups excluding carboxylic acids is 1. The summed E-state index contributed by atoms with van der Waals surface area (Å²) in [6.45, 7) is 4.04. The largest absolute Gasteiger partial charge is 0.497 e. The van der Waals surface area contributed by atoms with Crippen LogP contribution in [0.1, 0.15) is 44.4 Å². The van der Waals surface area contributed by atoms with Crippen LogP contribution in [0.3, 0.4) is 0 Å². The summed E-state index contributed by atoms with van der Waals surface area (Å²) in [6, 6.07) is 16.0. The van der Waals surface area contributed by atoms with E-state index in [1.54, 1.807) is 48.4 Å². The van der Waals surface area contributed by atoms with Crippen molar-refractivity contribution in [3.63, 3.8) is 0 Å². The number of ether oxygens (including phenoxy) is 1. The van der Waals surface area contributed by atoms with Gasteiger partial charge in [-0.15, -0.1) is 0 Å². The van der Waals surface area contributed by atoms with Gasteiger partial charge in [0.05, 0.1) is 29.0 Å². The highest BCUT2D eigenvalue weighted by Gasteiger charge is 2.42. The predicted octanol–water partition coefficient (Wildman–Crippen LogP) is 5.07. The van der Waals surface area contributed by atoms with Crippen molar-refractivity contribution in [1.82, 2.24) is 4.90 Å². The lowest BCUT2D eigenvalue weighted by molar-refractivity contribution is -0.384. The zero-order chi connectivity index (χ0) is 24.9. The van der Waals surface area contributed by atoms with Gasteiger partial charge in [0.2, 0.25) is 5.76 Å². The monoisotopic (exact) mass is 470 g/mol. The van der Waals surface area contributed by atoms with Gasteiger partial charge in [-0.1, -0.05) is 12.1 Å². The maximum Gasteiger partial charge on any atom is 0.291 e. The third-order valence-corrected chi connectivity index (χ3v) is 6.51. The number of hydrogen-bond donors (Lipinski definition) is 0. The normalized spacial score (nSPS) is 14.9. The summed E-state index contributed by atoms with van der Waals surface area (Å²) in [7, 11) is 1.58. The molecule has 5 rings (SSSR count). The molecule has 35 heavy (non-hydrogen) atoms. The van der Waals surface area contributed by atoms with Gasteiger partial charge in [0.15, 0.2) is 5.43 Å². The van der Waals surface area contributed by atoms with E-state index in [9.17, 15) is 19.7 Å². The van der Waals surface area contributed by atoms with Crippen molar-refractivity contribution in [2.24, 2.45) is 0 Å². The molecular formula is C27H22N2O6. The van der Waals surface area contributed by atoms with Crippen molar-refractivity contribution in [3.05, 3.63) is 115 Å². The topological polar surface area (TPSA) is 103 Å². The standard InChI is InChI=1S/C27H22N2O6/c1-15-12-21-22(13-16(15)2)35-26-23(25(21)30)24(18-6-8-19(9-7-18)29(32)33)28(27(26)31)14-17-4-10-20(34-3)11-5-17/h4-13,24H,14H2,1-3H3/t24-/m0/s1. The molecule has 1 amide bonds. The fourth-order valence-electron chi connectivity index (χ4n) is 4.49. The molecule has 0 radical (unpaired) electrons. The van der Waals surface area contributed by atoms with E-state index >= 15 is 0 Å². The first-order valence-corrected chi connectivity index (χ1v) is 11.0. The Balaban J connectivity index is 1.69. The highest BCUT2D eigenvalue weighted by molar-refractivity contribution is 5.99. The highest BCUT2D eigenvalue weighted by Crippen LogP contribution is 2.40.